The maximum atomic E-state index is 11.8. The standard InChI is InChI=1S/C10H11ClN6O/c11-9-2-1-7(5-13-9)14-10(18)8-6-17(4-3-12)16-15-8/h1-2,5-6H,3-4,12H2,(H,14,18). The van der Waals surface area contributed by atoms with Gasteiger partial charge >= 0.3 is 0 Å². The van der Waals surface area contributed by atoms with Crippen LogP contribution in [0.1, 0.15) is 10.5 Å². The van der Waals surface area contributed by atoms with Gasteiger partial charge in [-0.3, -0.25) is 9.48 Å². The van der Waals surface area contributed by atoms with Crippen LogP contribution in [0.25, 0.3) is 0 Å². The first-order chi connectivity index (χ1) is 8.69. The third kappa shape index (κ3) is 3.02. The lowest BCUT2D eigenvalue weighted by atomic mass is 10.4. The zero-order chi connectivity index (χ0) is 13.0. The van der Waals surface area contributed by atoms with Crippen LogP contribution in [0, 0.1) is 0 Å². The van der Waals surface area contributed by atoms with Crippen molar-refractivity contribution < 1.29 is 4.79 Å². The Morgan fingerprint density at radius 1 is 1.50 bits per heavy atom. The number of nitrogens with zero attached hydrogens (tertiary/aromatic N) is 4. The Balaban J connectivity index is 2.04. The summed E-state index contributed by atoms with van der Waals surface area (Å²) in [7, 11) is 0. The molecule has 0 radical (unpaired) electrons. The van der Waals surface area contributed by atoms with Gasteiger partial charge in [-0.05, 0) is 12.1 Å². The lowest BCUT2D eigenvalue weighted by molar-refractivity contribution is 0.102. The first kappa shape index (κ1) is 12.5. The molecule has 1 amide bonds. The van der Waals surface area contributed by atoms with Crippen LogP contribution in [0.2, 0.25) is 5.15 Å². The van der Waals surface area contributed by atoms with Gasteiger partial charge < -0.3 is 11.1 Å². The SMILES string of the molecule is NCCn1cc(C(=O)Nc2ccc(Cl)nc2)nn1. The largest absolute Gasteiger partial charge is 0.329 e. The number of rotatable bonds is 4. The highest BCUT2D eigenvalue weighted by atomic mass is 35.5. The van der Waals surface area contributed by atoms with E-state index in [1.165, 1.54) is 17.1 Å². The lowest BCUT2D eigenvalue weighted by Crippen LogP contribution is -2.13. The number of nitrogens with two attached hydrogens (primary N) is 1. The number of carbonyl (C=O) groups is 1. The molecule has 0 aliphatic carbocycles. The molecule has 2 aromatic heterocycles. The molecule has 2 rings (SSSR count). The average molecular weight is 267 g/mol. The monoisotopic (exact) mass is 266 g/mol. The van der Waals surface area contributed by atoms with Gasteiger partial charge in [0.15, 0.2) is 5.69 Å². The number of halogens is 1. The van der Waals surface area contributed by atoms with Crippen molar-refractivity contribution in [2.45, 2.75) is 6.54 Å². The number of pyridine rings is 1. The van der Waals surface area contributed by atoms with Crippen LogP contribution >= 0.6 is 11.6 Å². The Kier molecular flexibility index (Phi) is 3.85. The van der Waals surface area contributed by atoms with Gasteiger partial charge in [-0.15, -0.1) is 5.10 Å². The zero-order valence-electron chi connectivity index (χ0n) is 9.38. The van der Waals surface area contributed by atoms with E-state index in [1.54, 1.807) is 12.1 Å². The molecular formula is C10H11ClN6O. The summed E-state index contributed by atoms with van der Waals surface area (Å²) >= 11 is 5.64. The summed E-state index contributed by atoms with van der Waals surface area (Å²) in [6, 6.07) is 3.24. The maximum absolute atomic E-state index is 11.8. The molecule has 0 aliphatic rings. The van der Waals surface area contributed by atoms with Crippen LogP contribution in [-0.4, -0.2) is 32.4 Å². The van der Waals surface area contributed by atoms with Crippen LogP contribution in [0.4, 0.5) is 5.69 Å². The summed E-state index contributed by atoms with van der Waals surface area (Å²) in [6.07, 6.45) is 3.00. The second-order valence-corrected chi connectivity index (χ2v) is 3.87. The van der Waals surface area contributed by atoms with Crippen LogP contribution in [0.5, 0.6) is 0 Å². The van der Waals surface area contributed by atoms with Gasteiger partial charge in [-0.25, -0.2) is 4.98 Å². The van der Waals surface area contributed by atoms with E-state index < -0.39 is 0 Å². The molecule has 94 valence electrons. The molecule has 7 nitrogen and oxygen atoms in total. The molecule has 0 aromatic carbocycles. The van der Waals surface area contributed by atoms with Crippen molar-refractivity contribution in [1.29, 1.82) is 0 Å². The van der Waals surface area contributed by atoms with Gasteiger partial charge in [0.05, 0.1) is 24.6 Å². The Morgan fingerprint density at radius 3 is 3.00 bits per heavy atom. The van der Waals surface area contributed by atoms with Crippen molar-refractivity contribution in [2.24, 2.45) is 5.73 Å². The minimum absolute atomic E-state index is 0.221. The van der Waals surface area contributed by atoms with Gasteiger partial charge in [0.1, 0.15) is 5.15 Å². The summed E-state index contributed by atoms with van der Waals surface area (Å²) in [5.74, 6) is -0.359. The van der Waals surface area contributed by atoms with Crippen molar-refractivity contribution in [3.05, 3.63) is 35.4 Å². The number of anilines is 1. The summed E-state index contributed by atoms with van der Waals surface area (Å²) < 4.78 is 1.51. The molecule has 0 bridgehead atoms. The number of carbonyl (C=O) groups excluding carboxylic acids is 1. The number of aromatic nitrogens is 4. The van der Waals surface area contributed by atoms with Gasteiger partial charge in [-0.2, -0.15) is 0 Å². The minimum atomic E-state index is -0.359. The van der Waals surface area contributed by atoms with Crippen LogP contribution in [0.15, 0.2) is 24.5 Å². The third-order valence-electron chi connectivity index (χ3n) is 2.11. The van der Waals surface area contributed by atoms with E-state index in [0.29, 0.717) is 23.9 Å². The van der Waals surface area contributed by atoms with E-state index in [1.807, 2.05) is 0 Å². The van der Waals surface area contributed by atoms with E-state index in [-0.39, 0.29) is 11.6 Å². The lowest BCUT2D eigenvalue weighted by Gasteiger charge is -2.01. The Bertz CT molecular complexity index is 538. The second-order valence-electron chi connectivity index (χ2n) is 3.48. The normalized spacial score (nSPS) is 10.3. The van der Waals surface area contributed by atoms with Crippen LogP contribution < -0.4 is 11.1 Å². The molecular weight excluding hydrogens is 256 g/mol. The fraction of sp³-hybridized carbons (Fsp3) is 0.200. The highest BCUT2D eigenvalue weighted by molar-refractivity contribution is 6.29. The zero-order valence-corrected chi connectivity index (χ0v) is 10.1. The van der Waals surface area contributed by atoms with E-state index in [9.17, 15) is 4.79 Å². The molecule has 2 heterocycles. The summed E-state index contributed by atoms with van der Waals surface area (Å²) in [6.45, 7) is 0.953. The van der Waals surface area contributed by atoms with Crippen molar-refractivity contribution in [2.75, 3.05) is 11.9 Å². The predicted octanol–water partition coefficient (Wildman–Crippen LogP) is 0.537. The Hall–Kier alpha value is -1.99. The molecule has 0 unspecified atom stereocenters. The molecule has 0 saturated heterocycles. The van der Waals surface area contributed by atoms with E-state index >= 15 is 0 Å². The summed E-state index contributed by atoms with van der Waals surface area (Å²) in [5, 5.41) is 10.5. The molecule has 0 saturated carbocycles. The molecule has 18 heavy (non-hydrogen) atoms. The maximum Gasteiger partial charge on any atom is 0.277 e. The molecule has 0 spiro atoms. The Morgan fingerprint density at radius 2 is 2.33 bits per heavy atom. The van der Waals surface area contributed by atoms with Crippen molar-refractivity contribution in [3.63, 3.8) is 0 Å². The number of hydrogen-bond acceptors (Lipinski definition) is 5. The van der Waals surface area contributed by atoms with Gasteiger partial charge in [0.2, 0.25) is 0 Å². The number of nitrogens with one attached hydrogen (secondary N) is 1. The third-order valence-corrected chi connectivity index (χ3v) is 2.34. The van der Waals surface area contributed by atoms with Gasteiger partial charge in [0.25, 0.3) is 5.91 Å². The minimum Gasteiger partial charge on any atom is -0.329 e. The molecule has 0 fully saturated rings. The first-order valence-corrected chi connectivity index (χ1v) is 5.60. The number of hydrogen-bond donors (Lipinski definition) is 2. The van der Waals surface area contributed by atoms with Crippen molar-refractivity contribution in [1.82, 2.24) is 20.0 Å². The second kappa shape index (κ2) is 5.56. The molecule has 0 atom stereocenters. The van der Waals surface area contributed by atoms with Gasteiger partial charge in [0, 0.05) is 6.54 Å². The summed E-state index contributed by atoms with van der Waals surface area (Å²) in [4.78, 5) is 15.7. The highest BCUT2D eigenvalue weighted by Gasteiger charge is 2.10. The predicted molar refractivity (Wildman–Crippen MR) is 66.3 cm³/mol. The van der Waals surface area contributed by atoms with Crippen LogP contribution in [-0.2, 0) is 6.54 Å². The smallest absolute Gasteiger partial charge is 0.277 e. The van der Waals surface area contributed by atoms with Crippen molar-refractivity contribution >= 4 is 23.2 Å². The average Bonchev–Trinajstić information content (AvgIpc) is 2.81. The topological polar surface area (TPSA) is 98.7 Å². The highest BCUT2D eigenvalue weighted by Crippen LogP contribution is 2.10. The van der Waals surface area contributed by atoms with Crippen molar-refractivity contribution in [3.8, 4) is 0 Å². The van der Waals surface area contributed by atoms with E-state index in [2.05, 4.69) is 20.6 Å². The van der Waals surface area contributed by atoms with Crippen LogP contribution in [0.3, 0.4) is 0 Å². The molecule has 2 aromatic rings. The molecule has 3 N–H and O–H groups in total. The van der Waals surface area contributed by atoms with Gasteiger partial charge in [-0.1, -0.05) is 16.8 Å². The van der Waals surface area contributed by atoms with E-state index in [4.69, 9.17) is 17.3 Å². The fourth-order valence-electron chi connectivity index (χ4n) is 1.29. The number of amides is 1. The summed E-state index contributed by atoms with van der Waals surface area (Å²) in [5.41, 5.74) is 6.13. The fourth-order valence-corrected chi connectivity index (χ4v) is 1.40. The first-order valence-electron chi connectivity index (χ1n) is 5.22. The van der Waals surface area contributed by atoms with E-state index in [0.717, 1.165) is 0 Å². The quantitative estimate of drug-likeness (QED) is 0.787. The Labute approximate surface area is 108 Å². The molecule has 8 heteroatoms. The molecule has 0 aliphatic heterocycles.